The molecule has 2 aromatic heterocycles. The van der Waals surface area contributed by atoms with Crippen molar-refractivity contribution >= 4 is 11.8 Å². The third-order valence-corrected chi connectivity index (χ3v) is 3.52. The standard InChI is InChI=1S/C16H16F3N7/c1-25(2)13-8-12(16(17,18)19)22-15(23-13)20-9-14-24-21-10-26(14)11-6-4-3-5-7-11/h3-8,10H,9H2,1-2H3,(H,20,22,23). The van der Waals surface area contributed by atoms with Gasteiger partial charge in [-0.3, -0.25) is 4.57 Å². The summed E-state index contributed by atoms with van der Waals surface area (Å²) < 4.78 is 40.9. The molecule has 10 heteroatoms. The minimum Gasteiger partial charge on any atom is -0.363 e. The van der Waals surface area contributed by atoms with Crippen molar-refractivity contribution in [2.75, 3.05) is 24.3 Å². The fraction of sp³-hybridized carbons (Fsp3) is 0.250. The van der Waals surface area contributed by atoms with Crippen LogP contribution >= 0.6 is 0 Å². The van der Waals surface area contributed by atoms with Crippen molar-refractivity contribution in [3.63, 3.8) is 0 Å². The van der Waals surface area contributed by atoms with Gasteiger partial charge in [0.1, 0.15) is 12.1 Å². The van der Waals surface area contributed by atoms with Gasteiger partial charge in [-0.25, -0.2) is 4.98 Å². The Kier molecular flexibility index (Phi) is 4.74. The number of alkyl halides is 3. The SMILES string of the molecule is CN(C)c1cc(C(F)(F)F)nc(NCc2nncn2-c2ccccc2)n1. The Hall–Kier alpha value is -3.17. The molecule has 0 amide bonds. The van der Waals surface area contributed by atoms with Crippen LogP contribution in [0.2, 0.25) is 0 Å². The first-order chi connectivity index (χ1) is 12.3. The number of hydrogen-bond donors (Lipinski definition) is 1. The minimum atomic E-state index is -4.56. The third-order valence-electron chi connectivity index (χ3n) is 3.52. The van der Waals surface area contributed by atoms with Crippen LogP contribution in [0.3, 0.4) is 0 Å². The molecular formula is C16H16F3N7. The Labute approximate surface area is 147 Å². The van der Waals surface area contributed by atoms with Gasteiger partial charge in [-0.2, -0.15) is 18.2 Å². The number of benzene rings is 1. The zero-order chi connectivity index (χ0) is 18.7. The van der Waals surface area contributed by atoms with E-state index in [1.54, 1.807) is 18.7 Å². The maximum atomic E-state index is 13.0. The van der Waals surface area contributed by atoms with E-state index in [0.29, 0.717) is 5.82 Å². The van der Waals surface area contributed by atoms with Gasteiger partial charge in [-0.05, 0) is 12.1 Å². The molecule has 26 heavy (non-hydrogen) atoms. The van der Waals surface area contributed by atoms with E-state index < -0.39 is 11.9 Å². The molecule has 1 N–H and O–H groups in total. The van der Waals surface area contributed by atoms with Crippen LogP contribution in [-0.2, 0) is 12.7 Å². The van der Waals surface area contributed by atoms with Crippen LogP contribution < -0.4 is 10.2 Å². The Morgan fingerprint density at radius 2 is 1.85 bits per heavy atom. The molecule has 0 aliphatic rings. The quantitative estimate of drug-likeness (QED) is 0.752. The summed E-state index contributed by atoms with van der Waals surface area (Å²) in [6.45, 7) is 0.114. The van der Waals surface area contributed by atoms with Crippen molar-refractivity contribution in [2.24, 2.45) is 0 Å². The molecule has 136 valence electrons. The topological polar surface area (TPSA) is 71.8 Å². The number of para-hydroxylation sites is 1. The van der Waals surface area contributed by atoms with Gasteiger partial charge >= 0.3 is 6.18 Å². The first kappa shape index (κ1) is 17.6. The van der Waals surface area contributed by atoms with Crippen LogP contribution in [0.4, 0.5) is 24.9 Å². The lowest BCUT2D eigenvalue weighted by molar-refractivity contribution is -0.141. The van der Waals surface area contributed by atoms with Crippen LogP contribution in [0.1, 0.15) is 11.5 Å². The molecule has 3 aromatic rings. The molecule has 0 radical (unpaired) electrons. The van der Waals surface area contributed by atoms with Gasteiger partial charge in [0.05, 0.1) is 6.54 Å². The third kappa shape index (κ3) is 3.90. The number of aromatic nitrogens is 5. The highest BCUT2D eigenvalue weighted by molar-refractivity contribution is 5.44. The Morgan fingerprint density at radius 1 is 1.12 bits per heavy atom. The smallest absolute Gasteiger partial charge is 0.363 e. The molecular weight excluding hydrogens is 347 g/mol. The first-order valence-corrected chi connectivity index (χ1v) is 7.66. The predicted molar refractivity (Wildman–Crippen MR) is 90.0 cm³/mol. The van der Waals surface area contributed by atoms with Crippen LogP contribution in [0.5, 0.6) is 0 Å². The summed E-state index contributed by atoms with van der Waals surface area (Å²) in [6, 6.07) is 10.3. The van der Waals surface area contributed by atoms with Crippen LogP contribution in [0.15, 0.2) is 42.7 Å². The van der Waals surface area contributed by atoms with E-state index in [0.717, 1.165) is 11.8 Å². The van der Waals surface area contributed by atoms with Gasteiger partial charge in [0, 0.05) is 25.8 Å². The fourth-order valence-electron chi connectivity index (χ4n) is 2.23. The van der Waals surface area contributed by atoms with Crippen molar-refractivity contribution in [1.29, 1.82) is 0 Å². The van der Waals surface area contributed by atoms with Crippen LogP contribution in [0.25, 0.3) is 5.69 Å². The normalized spacial score (nSPS) is 11.4. The molecule has 1 aromatic carbocycles. The number of nitrogens with one attached hydrogen (secondary N) is 1. The second kappa shape index (κ2) is 6.98. The first-order valence-electron chi connectivity index (χ1n) is 7.66. The molecule has 3 rings (SSSR count). The van der Waals surface area contributed by atoms with E-state index in [1.165, 1.54) is 11.2 Å². The Balaban J connectivity index is 1.85. The van der Waals surface area contributed by atoms with Gasteiger partial charge in [0.15, 0.2) is 11.5 Å². The molecule has 0 aliphatic heterocycles. The summed E-state index contributed by atoms with van der Waals surface area (Å²) in [6.07, 6.45) is -3.03. The Morgan fingerprint density at radius 3 is 2.50 bits per heavy atom. The van der Waals surface area contributed by atoms with Gasteiger partial charge in [0.25, 0.3) is 0 Å². The van der Waals surface area contributed by atoms with Gasteiger partial charge in [-0.15, -0.1) is 10.2 Å². The average Bonchev–Trinajstić information content (AvgIpc) is 3.08. The Bertz CT molecular complexity index is 875. The molecule has 0 fully saturated rings. The summed E-state index contributed by atoms with van der Waals surface area (Å²) in [5.74, 6) is 0.536. The monoisotopic (exact) mass is 363 g/mol. The summed E-state index contributed by atoms with van der Waals surface area (Å²) in [5, 5.41) is 10.6. The summed E-state index contributed by atoms with van der Waals surface area (Å²) in [5.41, 5.74) is -0.170. The number of nitrogens with zero attached hydrogens (tertiary/aromatic N) is 6. The number of rotatable bonds is 5. The molecule has 0 saturated heterocycles. The highest BCUT2D eigenvalue weighted by Crippen LogP contribution is 2.30. The van der Waals surface area contributed by atoms with E-state index in [2.05, 4.69) is 25.5 Å². The number of hydrogen-bond acceptors (Lipinski definition) is 6. The lowest BCUT2D eigenvalue weighted by atomic mass is 10.3. The highest BCUT2D eigenvalue weighted by atomic mass is 19.4. The lowest BCUT2D eigenvalue weighted by Gasteiger charge is -2.16. The minimum absolute atomic E-state index is 0.114. The van der Waals surface area contributed by atoms with Gasteiger partial charge in [-0.1, -0.05) is 18.2 Å². The maximum Gasteiger partial charge on any atom is 0.433 e. The van der Waals surface area contributed by atoms with Crippen molar-refractivity contribution in [1.82, 2.24) is 24.7 Å². The lowest BCUT2D eigenvalue weighted by Crippen LogP contribution is -2.18. The maximum absolute atomic E-state index is 13.0. The second-order valence-electron chi connectivity index (χ2n) is 5.63. The van der Waals surface area contributed by atoms with Crippen LogP contribution in [0, 0.1) is 0 Å². The van der Waals surface area contributed by atoms with Crippen LogP contribution in [-0.4, -0.2) is 38.8 Å². The molecule has 0 unspecified atom stereocenters. The number of anilines is 2. The average molecular weight is 363 g/mol. The molecule has 0 atom stereocenters. The van der Waals surface area contributed by atoms with Crippen molar-refractivity contribution in [2.45, 2.75) is 12.7 Å². The molecule has 2 heterocycles. The van der Waals surface area contributed by atoms with E-state index in [4.69, 9.17) is 0 Å². The molecule has 7 nitrogen and oxygen atoms in total. The van der Waals surface area contributed by atoms with Crippen molar-refractivity contribution < 1.29 is 13.2 Å². The predicted octanol–water partition coefficient (Wildman–Crippen LogP) is 2.75. The van der Waals surface area contributed by atoms with E-state index in [1.807, 2.05) is 30.3 Å². The second-order valence-corrected chi connectivity index (χ2v) is 5.63. The largest absolute Gasteiger partial charge is 0.433 e. The highest BCUT2D eigenvalue weighted by Gasteiger charge is 2.34. The zero-order valence-corrected chi connectivity index (χ0v) is 14.1. The molecule has 0 aliphatic carbocycles. The summed E-state index contributed by atoms with van der Waals surface area (Å²) in [7, 11) is 3.22. The van der Waals surface area contributed by atoms with Crippen molar-refractivity contribution in [3.05, 3.63) is 54.2 Å². The van der Waals surface area contributed by atoms with Crippen molar-refractivity contribution in [3.8, 4) is 5.69 Å². The zero-order valence-electron chi connectivity index (χ0n) is 14.1. The summed E-state index contributed by atoms with van der Waals surface area (Å²) in [4.78, 5) is 9.13. The van der Waals surface area contributed by atoms with E-state index in [9.17, 15) is 13.2 Å². The molecule has 0 spiro atoms. The fourth-order valence-corrected chi connectivity index (χ4v) is 2.23. The molecule has 0 bridgehead atoms. The van der Waals surface area contributed by atoms with E-state index in [-0.39, 0.29) is 18.3 Å². The number of halogens is 3. The van der Waals surface area contributed by atoms with Gasteiger partial charge < -0.3 is 10.2 Å². The van der Waals surface area contributed by atoms with E-state index >= 15 is 0 Å². The summed E-state index contributed by atoms with van der Waals surface area (Å²) >= 11 is 0. The van der Waals surface area contributed by atoms with Gasteiger partial charge in [0.2, 0.25) is 5.95 Å². The molecule has 0 saturated carbocycles.